The molecule has 30 heavy (non-hydrogen) atoms. The molecule has 6 bridgehead atoms. The Morgan fingerprint density at radius 3 is 2.33 bits per heavy atom. The topological polar surface area (TPSA) is 112 Å². The van der Waals surface area contributed by atoms with E-state index >= 15 is 0 Å². The van der Waals surface area contributed by atoms with E-state index in [9.17, 15) is 9.59 Å². The Kier molecular flexibility index (Phi) is 6.03. The number of nitrogens with one attached hydrogen (secondary N) is 4. The maximum atomic E-state index is 12.3. The SMILES string of the molecule is O=C1NCCCCCc2ccc(cc2)CNc2nc([nH]c(=O)n2)Nc2ccc1cc2. The molecule has 4 aliphatic rings. The number of carbonyl (C=O) groups excluding carboxylic acids is 1. The van der Waals surface area contributed by atoms with E-state index in [1.54, 1.807) is 24.3 Å². The molecule has 8 nitrogen and oxygen atoms in total. The van der Waals surface area contributed by atoms with Crippen molar-refractivity contribution in [3.05, 3.63) is 75.7 Å². The summed E-state index contributed by atoms with van der Waals surface area (Å²) in [4.78, 5) is 35.0. The number of carbonyl (C=O) groups is 1. The minimum absolute atomic E-state index is 0.0926. The summed E-state index contributed by atoms with van der Waals surface area (Å²) in [6.07, 6.45) is 4.11. The lowest BCUT2D eigenvalue weighted by Gasteiger charge is -2.09. The van der Waals surface area contributed by atoms with Crippen molar-refractivity contribution >= 4 is 23.5 Å². The predicted molar refractivity (Wildman–Crippen MR) is 116 cm³/mol. The molecule has 2 aromatic carbocycles. The Balaban J connectivity index is 1.57. The minimum atomic E-state index is -0.500. The fourth-order valence-corrected chi connectivity index (χ4v) is 3.30. The highest BCUT2D eigenvalue weighted by Gasteiger charge is 2.07. The first-order chi connectivity index (χ1) is 14.7. The van der Waals surface area contributed by atoms with Crippen LogP contribution in [-0.2, 0) is 13.0 Å². The summed E-state index contributed by atoms with van der Waals surface area (Å²) < 4.78 is 0. The van der Waals surface area contributed by atoms with Gasteiger partial charge >= 0.3 is 5.69 Å². The molecule has 1 aromatic heterocycles. The summed E-state index contributed by atoms with van der Waals surface area (Å²) in [5.41, 5.74) is 3.16. The minimum Gasteiger partial charge on any atom is -0.352 e. The second-order valence-corrected chi connectivity index (χ2v) is 7.26. The first kappa shape index (κ1) is 19.6. The van der Waals surface area contributed by atoms with Gasteiger partial charge in [-0.1, -0.05) is 30.7 Å². The van der Waals surface area contributed by atoms with Crippen molar-refractivity contribution in [3.8, 4) is 0 Å². The average Bonchev–Trinajstić information content (AvgIpc) is 2.75. The Labute approximate surface area is 174 Å². The molecule has 7 rings (SSSR count). The molecule has 0 fully saturated rings. The van der Waals surface area contributed by atoms with Crippen molar-refractivity contribution in [1.82, 2.24) is 20.3 Å². The highest BCUT2D eigenvalue weighted by Crippen LogP contribution is 2.15. The molecule has 0 spiro atoms. The van der Waals surface area contributed by atoms with Crippen molar-refractivity contribution in [1.29, 1.82) is 0 Å². The maximum absolute atomic E-state index is 12.3. The number of nitrogens with zero attached hydrogens (tertiary/aromatic N) is 2. The number of rotatable bonds is 0. The second kappa shape index (κ2) is 9.21. The zero-order valence-corrected chi connectivity index (χ0v) is 16.6. The van der Waals surface area contributed by atoms with Gasteiger partial charge in [0.25, 0.3) is 5.91 Å². The fraction of sp³-hybridized carbons (Fsp3) is 0.273. The molecule has 0 atom stereocenters. The molecule has 0 aliphatic carbocycles. The summed E-state index contributed by atoms with van der Waals surface area (Å²) in [7, 11) is 0. The van der Waals surface area contributed by atoms with Gasteiger partial charge in [0.15, 0.2) is 0 Å². The smallest absolute Gasteiger partial charge is 0.351 e. The first-order valence-electron chi connectivity index (χ1n) is 10.1. The number of hydrogen-bond donors (Lipinski definition) is 4. The monoisotopic (exact) mass is 404 g/mol. The van der Waals surface area contributed by atoms with E-state index in [1.807, 2.05) is 0 Å². The Bertz CT molecular complexity index is 1060. The average molecular weight is 404 g/mol. The normalized spacial score (nSPS) is 14.9. The van der Waals surface area contributed by atoms with Crippen LogP contribution in [0.5, 0.6) is 0 Å². The van der Waals surface area contributed by atoms with E-state index in [0.29, 0.717) is 24.3 Å². The molecule has 4 N–H and O–H groups in total. The Morgan fingerprint density at radius 1 is 0.767 bits per heavy atom. The van der Waals surface area contributed by atoms with Gasteiger partial charge in [0, 0.05) is 24.3 Å². The molecular weight excluding hydrogens is 380 g/mol. The van der Waals surface area contributed by atoms with Crippen molar-refractivity contribution in [2.75, 3.05) is 17.2 Å². The van der Waals surface area contributed by atoms with E-state index in [2.05, 4.69) is 55.2 Å². The van der Waals surface area contributed by atoms with Crippen molar-refractivity contribution in [2.45, 2.75) is 32.2 Å². The summed E-state index contributed by atoms with van der Waals surface area (Å²) in [6.45, 7) is 1.18. The molecule has 0 unspecified atom stereocenters. The van der Waals surface area contributed by atoms with Crippen LogP contribution < -0.4 is 21.6 Å². The van der Waals surface area contributed by atoms with E-state index in [-0.39, 0.29) is 17.8 Å². The number of H-pyrrole nitrogens is 1. The number of anilines is 3. The molecule has 0 saturated carbocycles. The molecule has 0 saturated heterocycles. The third-order valence-electron chi connectivity index (χ3n) is 4.96. The zero-order chi connectivity index (χ0) is 20.8. The second-order valence-electron chi connectivity index (χ2n) is 7.26. The van der Waals surface area contributed by atoms with Gasteiger partial charge in [-0.3, -0.25) is 9.78 Å². The van der Waals surface area contributed by atoms with E-state index < -0.39 is 5.69 Å². The summed E-state index contributed by atoms with van der Waals surface area (Å²) in [5, 5.41) is 9.10. The van der Waals surface area contributed by atoms with Crippen molar-refractivity contribution in [2.24, 2.45) is 0 Å². The van der Waals surface area contributed by atoms with Crippen molar-refractivity contribution in [3.63, 3.8) is 0 Å². The summed E-state index contributed by atoms with van der Waals surface area (Å²) in [6, 6.07) is 15.4. The number of aryl methyl sites for hydroxylation is 1. The highest BCUT2D eigenvalue weighted by molar-refractivity contribution is 5.94. The number of amides is 1. The van der Waals surface area contributed by atoms with Gasteiger partial charge in [-0.15, -0.1) is 0 Å². The van der Waals surface area contributed by atoms with Crippen LogP contribution in [0.1, 0.15) is 40.7 Å². The summed E-state index contributed by atoms with van der Waals surface area (Å²) >= 11 is 0. The third kappa shape index (κ3) is 5.22. The van der Waals surface area contributed by atoms with E-state index in [0.717, 1.165) is 31.2 Å². The fourth-order valence-electron chi connectivity index (χ4n) is 3.30. The Hall–Kier alpha value is -3.68. The van der Waals surface area contributed by atoms with Crippen LogP contribution in [0.3, 0.4) is 0 Å². The lowest BCUT2D eigenvalue weighted by Crippen LogP contribution is -2.24. The molecule has 154 valence electrons. The molecule has 8 heteroatoms. The van der Waals surface area contributed by atoms with Gasteiger partial charge in [0.05, 0.1) is 0 Å². The number of hydrogen-bond acceptors (Lipinski definition) is 6. The number of aromatic amines is 1. The highest BCUT2D eigenvalue weighted by atomic mass is 16.1. The standard InChI is InChI=1S/C22H24N6O2/c29-19-17-9-11-18(12-10-17)25-21-26-20(27-22(30)28-21)24-14-16-7-5-15(6-8-16)4-2-1-3-13-23-19/h5-12H,1-4,13-14H2,(H,23,29)(H3,24,25,26,27,28,30). The van der Waals surface area contributed by atoms with Crippen LogP contribution in [0, 0.1) is 0 Å². The lowest BCUT2D eigenvalue weighted by molar-refractivity contribution is 0.0953. The van der Waals surface area contributed by atoms with Gasteiger partial charge < -0.3 is 16.0 Å². The molecular formula is C22H24N6O2. The molecule has 5 heterocycles. The molecule has 0 radical (unpaired) electrons. The van der Waals surface area contributed by atoms with Crippen LogP contribution >= 0.6 is 0 Å². The number of benzene rings is 2. The summed E-state index contributed by atoms with van der Waals surface area (Å²) in [5.74, 6) is 0.424. The maximum Gasteiger partial charge on any atom is 0.351 e. The predicted octanol–water partition coefficient (Wildman–Crippen LogP) is 2.98. The van der Waals surface area contributed by atoms with Gasteiger partial charge in [-0.2, -0.15) is 9.97 Å². The van der Waals surface area contributed by atoms with Crippen LogP contribution in [0.2, 0.25) is 0 Å². The van der Waals surface area contributed by atoms with Crippen LogP contribution in [-0.4, -0.2) is 27.4 Å². The van der Waals surface area contributed by atoms with E-state index in [1.165, 1.54) is 5.56 Å². The number of aromatic nitrogens is 3. The third-order valence-corrected chi connectivity index (χ3v) is 4.96. The van der Waals surface area contributed by atoms with Gasteiger partial charge in [0.2, 0.25) is 11.9 Å². The van der Waals surface area contributed by atoms with Crippen LogP contribution in [0.15, 0.2) is 53.3 Å². The zero-order valence-electron chi connectivity index (χ0n) is 16.6. The Morgan fingerprint density at radius 2 is 1.53 bits per heavy atom. The van der Waals surface area contributed by atoms with Gasteiger partial charge in [0.1, 0.15) is 0 Å². The molecule has 1 amide bonds. The van der Waals surface area contributed by atoms with Crippen LogP contribution in [0.4, 0.5) is 17.6 Å². The quantitative estimate of drug-likeness (QED) is 0.458. The largest absolute Gasteiger partial charge is 0.352 e. The van der Waals surface area contributed by atoms with Crippen molar-refractivity contribution < 1.29 is 4.79 Å². The lowest BCUT2D eigenvalue weighted by atomic mass is 10.1. The molecule has 4 aliphatic heterocycles. The van der Waals surface area contributed by atoms with Gasteiger partial charge in [-0.05, 0) is 54.7 Å². The van der Waals surface area contributed by atoms with Crippen LogP contribution in [0.25, 0.3) is 0 Å². The van der Waals surface area contributed by atoms with Gasteiger partial charge in [-0.25, -0.2) is 4.79 Å². The van der Waals surface area contributed by atoms with E-state index in [4.69, 9.17) is 0 Å². The molecule has 3 aromatic rings. The first-order valence-corrected chi connectivity index (χ1v) is 10.1.